The maximum absolute atomic E-state index is 13.3. The maximum Gasteiger partial charge on any atom is 0.270 e. The molecule has 1 aromatic heterocycles. The van der Waals surface area contributed by atoms with Gasteiger partial charge in [0.15, 0.2) is 10.2 Å². The third kappa shape index (κ3) is 4.54. The molecule has 2 saturated heterocycles. The number of amides is 2. The zero-order valence-corrected chi connectivity index (χ0v) is 20.3. The number of thiazole rings is 1. The molecule has 0 radical (unpaired) electrons. The predicted molar refractivity (Wildman–Crippen MR) is 138 cm³/mol. The summed E-state index contributed by atoms with van der Waals surface area (Å²) >= 11 is 13.0. The SMILES string of the molecule is O=C1NC(=S)N(c2ccc(Oc3ccccc3)cc2)C(=O)/C1=C/c1sc(N2CCCC2)nc1Cl. The van der Waals surface area contributed by atoms with E-state index in [1.54, 1.807) is 24.3 Å². The highest BCUT2D eigenvalue weighted by atomic mass is 35.5. The number of thiocarbonyl (C=S) groups is 1. The number of ether oxygens (including phenoxy) is 1. The van der Waals surface area contributed by atoms with Crippen LogP contribution in [0.4, 0.5) is 10.8 Å². The van der Waals surface area contributed by atoms with Crippen molar-refractivity contribution in [2.45, 2.75) is 12.8 Å². The summed E-state index contributed by atoms with van der Waals surface area (Å²) < 4.78 is 5.81. The van der Waals surface area contributed by atoms with E-state index in [0.717, 1.165) is 31.1 Å². The highest BCUT2D eigenvalue weighted by molar-refractivity contribution is 7.80. The van der Waals surface area contributed by atoms with Crippen molar-refractivity contribution in [3.8, 4) is 11.5 Å². The van der Waals surface area contributed by atoms with Gasteiger partial charge in [0.2, 0.25) is 0 Å². The van der Waals surface area contributed by atoms with Gasteiger partial charge in [-0.05, 0) is 67.5 Å². The molecule has 0 saturated carbocycles. The largest absolute Gasteiger partial charge is 0.457 e. The number of benzene rings is 2. The lowest BCUT2D eigenvalue weighted by Gasteiger charge is -2.28. The quantitative estimate of drug-likeness (QED) is 0.295. The molecule has 0 atom stereocenters. The summed E-state index contributed by atoms with van der Waals surface area (Å²) in [6.07, 6.45) is 3.70. The number of para-hydroxylation sites is 1. The first-order chi connectivity index (χ1) is 16.5. The van der Waals surface area contributed by atoms with Crippen LogP contribution in [0.2, 0.25) is 5.15 Å². The molecule has 0 unspecified atom stereocenters. The molecule has 3 heterocycles. The molecule has 3 aromatic rings. The van der Waals surface area contributed by atoms with Gasteiger partial charge in [-0.2, -0.15) is 0 Å². The Morgan fingerprint density at radius 1 is 1.03 bits per heavy atom. The Morgan fingerprint density at radius 3 is 2.41 bits per heavy atom. The molecule has 5 rings (SSSR count). The van der Waals surface area contributed by atoms with E-state index in [1.165, 1.54) is 22.3 Å². The van der Waals surface area contributed by atoms with Crippen LogP contribution in [-0.4, -0.2) is 35.0 Å². The molecule has 34 heavy (non-hydrogen) atoms. The fourth-order valence-corrected chi connectivity index (χ4v) is 5.28. The number of hydrogen-bond acceptors (Lipinski definition) is 7. The summed E-state index contributed by atoms with van der Waals surface area (Å²) in [5, 5.41) is 3.66. The predicted octanol–water partition coefficient (Wildman–Crippen LogP) is 5.02. The average Bonchev–Trinajstić information content (AvgIpc) is 3.48. The van der Waals surface area contributed by atoms with E-state index >= 15 is 0 Å². The van der Waals surface area contributed by atoms with E-state index in [9.17, 15) is 9.59 Å². The van der Waals surface area contributed by atoms with Crippen molar-refractivity contribution in [2.75, 3.05) is 22.9 Å². The Bertz CT molecular complexity index is 1290. The first-order valence-electron chi connectivity index (χ1n) is 10.7. The van der Waals surface area contributed by atoms with Crippen molar-refractivity contribution < 1.29 is 14.3 Å². The number of aromatic nitrogens is 1. The maximum atomic E-state index is 13.3. The van der Waals surface area contributed by atoms with Crippen LogP contribution in [-0.2, 0) is 9.59 Å². The monoisotopic (exact) mass is 510 g/mol. The van der Waals surface area contributed by atoms with Crippen molar-refractivity contribution in [1.82, 2.24) is 10.3 Å². The minimum atomic E-state index is -0.567. The zero-order chi connectivity index (χ0) is 23.7. The summed E-state index contributed by atoms with van der Waals surface area (Å²) in [6, 6.07) is 16.3. The third-order valence-corrected chi connectivity index (χ3v) is 7.17. The van der Waals surface area contributed by atoms with Gasteiger partial charge in [0.25, 0.3) is 11.8 Å². The molecule has 0 aliphatic carbocycles. The normalized spacial score (nSPS) is 17.4. The lowest BCUT2D eigenvalue weighted by molar-refractivity contribution is -0.122. The lowest BCUT2D eigenvalue weighted by Crippen LogP contribution is -2.54. The standard InChI is InChI=1S/C24H19ClN4O3S2/c25-20-19(34-24(26-20)28-12-4-5-13-28)14-18-21(30)27-23(33)29(22(18)31)15-8-10-17(11-9-15)32-16-6-2-1-3-7-16/h1-3,6-11,14H,4-5,12-13H2,(H,27,30,33)/b18-14+. The summed E-state index contributed by atoms with van der Waals surface area (Å²) in [6.45, 7) is 1.84. The van der Waals surface area contributed by atoms with E-state index in [0.29, 0.717) is 22.1 Å². The van der Waals surface area contributed by atoms with Gasteiger partial charge in [0, 0.05) is 13.1 Å². The molecule has 1 N–H and O–H groups in total. The topological polar surface area (TPSA) is 74.8 Å². The summed E-state index contributed by atoms with van der Waals surface area (Å²) in [7, 11) is 0. The molecule has 7 nitrogen and oxygen atoms in total. The van der Waals surface area contributed by atoms with Crippen LogP contribution in [0.15, 0.2) is 60.2 Å². The van der Waals surface area contributed by atoms with Crippen LogP contribution in [0.3, 0.4) is 0 Å². The van der Waals surface area contributed by atoms with Crippen molar-refractivity contribution >= 4 is 69.0 Å². The molecule has 2 aromatic carbocycles. The van der Waals surface area contributed by atoms with Crippen molar-refractivity contribution in [2.24, 2.45) is 0 Å². The number of nitrogens with one attached hydrogen (secondary N) is 1. The second-order valence-electron chi connectivity index (χ2n) is 7.71. The first kappa shape index (κ1) is 22.5. The Morgan fingerprint density at radius 2 is 1.71 bits per heavy atom. The smallest absolute Gasteiger partial charge is 0.270 e. The summed E-state index contributed by atoms with van der Waals surface area (Å²) in [5.74, 6) is 0.211. The number of halogens is 1. The number of rotatable bonds is 5. The molecule has 10 heteroatoms. The van der Waals surface area contributed by atoms with Gasteiger partial charge in [-0.1, -0.05) is 41.1 Å². The molecule has 2 fully saturated rings. The fraction of sp³-hybridized carbons (Fsp3) is 0.167. The summed E-state index contributed by atoms with van der Waals surface area (Å²) in [5.41, 5.74) is 0.450. The van der Waals surface area contributed by atoms with Crippen LogP contribution < -0.4 is 19.9 Å². The van der Waals surface area contributed by atoms with Crippen LogP contribution >= 0.6 is 35.2 Å². The summed E-state index contributed by atoms with van der Waals surface area (Å²) in [4.78, 5) is 34.3. The second kappa shape index (κ2) is 9.54. The minimum absolute atomic E-state index is 0.0111. The number of nitrogens with zero attached hydrogens (tertiary/aromatic N) is 3. The Labute approximate surface area is 210 Å². The fourth-order valence-electron chi connectivity index (χ4n) is 3.75. The zero-order valence-electron chi connectivity index (χ0n) is 17.9. The highest BCUT2D eigenvalue weighted by Gasteiger charge is 2.35. The van der Waals surface area contributed by atoms with E-state index < -0.39 is 11.8 Å². The average molecular weight is 511 g/mol. The molecule has 172 valence electrons. The van der Waals surface area contributed by atoms with E-state index in [-0.39, 0.29) is 15.8 Å². The molecule has 2 aliphatic heterocycles. The number of anilines is 2. The van der Waals surface area contributed by atoms with Gasteiger partial charge in [-0.15, -0.1) is 0 Å². The van der Waals surface area contributed by atoms with Gasteiger partial charge in [-0.3, -0.25) is 19.8 Å². The van der Waals surface area contributed by atoms with Crippen LogP contribution in [0.5, 0.6) is 11.5 Å². The van der Waals surface area contributed by atoms with Gasteiger partial charge in [0.1, 0.15) is 22.2 Å². The molecular weight excluding hydrogens is 492 g/mol. The molecular formula is C24H19ClN4O3S2. The van der Waals surface area contributed by atoms with Crippen molar-refractivity contribution in [1.29, 1.82) is 0 Å². The van der Waals surface area contributed by atoms with E-state index in [4.69, 9.17) is 28.6 Å². The number of hydrogen-bond donors (Lipinski definition) is 1. The van der Waals surface area contributed by atoms with Crippen LogP contribution in [0.25, 0.3) is 6.08 Å². The second-order valence-corrected chi connectivity index (χ2v) is 9.47. The highest BCUT2D eigenvalue weighted by Crippen LogP contribution is 2.34. The first-order valence-corrected chi connectivity index (χ1v) is 12.3. The molecule has 2 amide bonds. The van der Waals surface area contributed by atoms with E-state index in [2.05, 4.69) is 15.2 Å². The molecule has 0 bridgehead atoms. The molecule has 0 spiro atoms. The lowest BCUT2D eigenvalue weighted by atomic mass is 10.1. The molecule has 2 aliphatic rings. The minimum Gasteiger partial charge on any atom is -0.457 e. The van der Waals surface area contributed by atoms with Gasteiger partial charge in [0.05, 0.1) is 10.6 Å². The third-order valence-electron chi connectivity index (χ3n) is 5.43. The number of carbonyl (C=O) groups excluding carboxylic acids is 2. The number of carbonyl (C=O) groups is 2. The van der Waals surface area contributed by atoms with Gasteiger partial charge >= 0.3 is 0 Å². The van der Waals surface area contributed by atoms with Crippen molar-refractivity contribution in [3.63, 3.8) is 0 Å². The Kier molecular flexibility index (Phi) is 6.32. The van der Waals surface area contributed by atoms with Gasteiger partial charge in [-0.25, -0.2) is 4.98 Å². The Hall–Kier alpha value is -3.27. The van der Waals surface area contributed by atoms with E-state index in [1.807, 2.05) is 30.3 Å². The van der Waals surface area contributed by atoms with Gasteiger partial charge < -0.3 is 9.64 Å². The van der Waals surface area contributed by atoms with Crippen molar-refractivity contribution in [3.05, 3.63) is 70.2 Å². The van der Waals surface area contributed by atoms with Crippen LogP contribution in [0.1, 0.15) is 17.7 Å². The Balaban J connectivity index is 1.39. The van der Waals surface area contributed by atoms with Crippen LogP contribution in [0, 0.1) is 0 Å².